The van der Waals surface area contributed by atoms with Crippen molar-refractivity contribution >= 4 is 11.4 Å². The number of para-hydroxylation sites is 1. The molecule has 0 spiro atoms. The van der Waals surface area contributed by atoms with Gasteiger partial charge in [0.25, 0.3) is 0 Å². The molecular weight excluding hydrogens is 210 g/mol. The Balaban J connectivity index is 2.93. The van der Waals surface area contributed by atoms with Crippen molar-refractivity contribution in [3.8, 4) is 0 Å². The first-order valence-electron chi connectivity index (χ1n) is 6.02. The maximum atomic E-state index is 8.34. The molecule has 0 fully saturated rings. The van der Waals surface area contributed by atoms with E-state index in [0.29, 0.717) is 5.71 Å². The fourth-order valence-electron chi connectivity index (χ4n) is 1.95. The first-order chi connectivity index (χ1) is 8.10. The van der Waals surface area contributed by atoms with Gasteiger partial charge in [-0.2, -0.15) is 0 Å². The van der Waals surface area contributed by atoms with Gasteiger partial charge in [0.15, 0.2) is 0 Å². The minimum absolute atomic E-state index is 0.271. The Morgan fingerprint density at radius 1 is 1.53 bits per heavy atom. The summed E-state index contributed by atoms with van der Waals surface area (Å²) >= 11 is 0. The second kappa shape index (κ2) is 6.40. The average molecular weight is 232 g/mol. The van der Waals surface area contributed by atoms with Crippen molar-refractivity contribution in [2.45, 2.75) is 13.3 Å². The number of hydrogen-bond acceptors (Lipinski definition) is 3. The van der Waals surface area contributed by atoms with E-state index in [-0.39, 0.29) is 5.92 Å². The number of rotatable bonds is 6. The molecule has 0 heterocycles. The molecule has 0 aliphatic carbocycles. The maximum Gasteiger partial charge on any atom is 0.0510 e. The zero-order valence-electron chi connectivity index (χ0n) is 11.2. The van der Waals surface area contributed by atoms with Gasteiger partial charge in [0.05, 0.1) is 5.69 Å². The van der Waals surface area contributed by atoms with E-state index in [1.165, 1.54) is 0 Å². The van der Waals surface area contributed by atoms with E-state index in [4.69, 9.17) is 5.41 Å². The summed E-state index contributed by atoms with van der Waals surface area (Å²) in [7, 11) is 5.97. The Bertz CT molecular complexity index is 371. The van der Waals surface area contributed by atoms with Crippen LogP contribution >= 0.6 is 0 Å². The van der Waals surface area contributed by atoms with Crippen molar-refractivity contribution in [1.82, 2.24) is 4.90 Å². The van der Waals surface area contributed by atoms with E-state index in [2.05, 4.69) is 23.2 Å². The monoisotopic (exact) mass is 232 g/mol. The molecule has 0 amide bonds. The van der Waals surface area contributed by atoms with Crippen LogP contribution in [0.4, 0.5) is 5.69 Å². The van der Waals surface area contributed by atoms with Crippen LogP contribution < -0.4 is 5.32 Å². The second-order valence-corrected chi connectivity index (χ2v) is 4.49. The van der Waals surface area contributed by atoms with Crippen molar-refractivity contribution in [2.75, 3.05) is 33.0 Å². The van der Waals surface area contributed by atoms with Crippen LogP contribution in [-0.4, -0.2) is 38.3 Å². The molecule has 1 aromatic carbocycles. The van der Waals surface area contributed by atoms with Gasteiger partial charge < -0.3 is 15.6 Å². The molecule has 0 aromatic heterocycles. The standard InChI is InChI=1S/C14H22N3/c1-5-11(10-17(3)4)14(15)12-8-6-7-9-13(12)16-2/h6-8,11,15-16H,5,10H2,1-4H3/t11-/m0/s1. The SMILES string of the molecule is CC[C@@H](CN(C)C)C(=N)c1ccc[c]c1NC. The molecule has 1 rings (SSSR count). The minimum Gasteiger partial charge on any atom is -0.387 e. The van der Waals surface area contributed by atoms with E-state index in [1.807, 2.05) is 39.3 Å². The van der Waals surface area contributed by atoms with Crippen LogP contribution in [0, 0.1) is 17.4 Å². The predicted molar refractivity (Wildman–Crippen MR) is 74.0 cm³/mol. The van der Waals surface area contributed by atoms with Crippen LogP contribution in [0.15, 0.2) is 18.2 Å². The van der Waals surface area contributed by atoms with Crippen LogP contribution in [0.3, 0.4) is 0 Å². The van der Waals surface area contributed by atoms with Gasteiger partial charge in [0.1, 0.15) is 0 Å². The molecule has 0 aliphatic rings. The third kappa shape index (κ3) is 3.56. The fourth-order valence-corrected chi connectivity index (χ4v) is 1.95. The zero-order valence-corrected chi connectivity index (χ0v) is 11.2. The molecule has 0 unspecified atom stereocenters. The molecular formula is C14H22N3. The van der Waals surface area contributed by atoms with E-state index >= 15 is 0 Å². The van der Waals surface area contributed by atoms with E-state index in [1.54, 1.807) is 0 Å². The minimum atomic E-state index is 0.271. The Hall–Kier alpha value is -1.35. The van der Waals surface area contributed by atoms with Gasteiger partial charge in [-0.15, -0.1) is 0 Å². The van der Waals surface area contributed by atoms with Crippen molar-refractivity contribution in [3.05, 3.63) is 29.8 Å². The molecule has 1 radical (unpaired) electrons. The first kappa shape index (κ1) is 13.7. The summed E-state index contributed by atoms with van der Waals surface area (Å²) in [4.78, 5) is 2.13. The van der Waals surface area contributed by atoms with Gasteiger partial charge >= 0.3 is 0 Å². The predicted octanol–water partition coefficient (Wildman–Crippen LogP) is 2.48. The van der Waals surface area contributed by atoms with Gasteiger partial charge in [0, 0.05) is 36.9 Å². The normalized spacial score (nSPS) is 12.5. The summed E-state index contributed by atoms with van der Waals surface area (Å²) < 4.78 is 0. The quantitative estimate of drug-likeness (QED) is 0.740. The summed E-state index contributed by atoms with van der Waals surface area (Å²) in [6, 6.07) is 8.93. The number of nitrogens with zero attached hydrogens (tertiary/aromatic N) is 1. The third-order valence-electron chi connectivity index (χ3n) is 2.88. The van der Waals surface area contributed by atoms with Crippen LogP contribution in [0.2, 0.25) is 0 Å². The van der Waals surface area contributed by atoms with Gasteiger partial charge in [-0.25, -0.2) is 0 Å². The molecule has 3 heteroatoms. The molecule has 2 N–H and O–H groups in total. The summed E-state index contributed by atoms with van der Waals surface area (Å²) in [6.45, 7) is 3.04. The van der Waals surface area contributed by atoms with E-state index in [9.17, 15) is 0 Å². The Morgan fingerprint density at radius 2 is 2.24 bits per heavy atom. The van der Waals surface area contributed by atoms with Crippen molar-refractivity contribution in [1.29, 1.82) is 5.41 Å². The summed E-state index contributed by atoms with van der Waals surface area (Å²) in [5.41, 5.74) is 2.57. The number of nitrogens with one attached hydrogen (secondary N) is 2. The molecule has 0 aliphatic heterocycles. The highest BCUT2D eigenvalue weighted by Crippen LogP contribution is 2.20. The van der Waals surface area contributed by atoms with Crippen LogP contribution in [0.1, 0.15) is 18.9 Å². The lowest BCUT2D eigenvalue weighted by atomic mass is 9.93. The topological polar surface area (TPSA) is 39.1 Å². The average Bonchev–Trinajstić information content (AvgIpc) is 2.34. The molecule has 3 nitrogen and oxygen atoms in total. The first-order valence-corrected chi connectivity index (χ1v) is 6.02. The Labute approximate surface area is 104 Å². The summed E-state index contributed by atoms with van der Waals surface area (Å²) in [5.74, 6) is 0.271. The van der Waals surface area contributed by atoms with Crippen molar-refractivity contribution in [3.63, 3.8) is 0 Å². The lowest BCUT2D eigenvalue weighted by molar-refractivity contribution is 0.365. The molecule has 0 saturated carbocycles. The van der Waals surface area contributed by atoms with Crippen LogP contribution in [-0.2, 0) is 0 Å². The summed E-state index contributed by atoms with van der Waals surface area (Å²) in [6.07, 6.45) is 0.981. The number of benzene rings is 1. The summed E-state index contributed by atoms with van der Waals surface area (Å²) in [5, 5.41) is 11.4. The number of hydrogen-bond donors (Lipinski definition) is 2. The highest BCUT2D eigenvalue weighted by atomic mass is 15.1. The van der Waals surface area contributed by atoms with Crippen molar-refractivity contribution < 1.29 is 0 Å². The molecule has 17 heavy (non-hydrogen) atoms. The smallest absolute Gasteiger partial charge is 0.0510 e. The van der Waals surface area contributed by atoms with E-state index in [0.717, 1.165) is 24.2 Å². The van der Waals surface area contributed by atoms with Gasteiger partial charge in [0.2, 0.25) is 0 Å². The molecule has 1 atom stereocenters. The Morgan fingerprint density at radius 3 is 2.76 bits per heavy atom. The van der Waals surface area contributed by atoms with Crippen LogP contribution in [0.25, 0.3) is 0 Å². The van der Waals surface area contributed by atoms with Gasteiger partial charge in [-0.05, 0) is 20.5 Å². The molecule has 93 valence electrons. The lowest BCUT2D eigenvalue weighted by Gasteiger charge is -2.22. The zero-order chi connectivity index (χ0) is 12.8. The third-order valence-corrected chi connectivity index (χ3v) is 2.88. The van der Waals surface area contributed by atoms with Gasteiger partial charge in [-0.1, -0.05) is 25.1 Å². The van der Waals surface area contributed by atoms with Crippen molar-refractivity contribution in [2.24, 2.45) is 5.92 Å². The highest BCUT2D eigenvalue weighted by Gasteiger charge is 2.17. The van der Waals surface area contributed by atoms with E-state index < -0.39 is 0 Å². The van der Waals surface area contributed by atoms with Crippen LogP contribution in [0.5, 0.6) is 0 Å². The fraction of sp³-hybridized carbons (Fsp3) is 0.500. The second-order valence-electron chi connectivity index (χ2n) is 4.49. The van der Waals surface area contributed by atoms with Gasteiger partial charge in [-0.3, -0.25) is 0 Å². The molecule has 0 bridgehead atoms. The Kier molecular flexibility index (Phi) is 5.16. The number of anilines is 1. The highest BCUT2D eigenvalue weighted by molar-refractivity contribution is 6.04. The lowest BCUT2D eigenvalue weighted by Crippen LogP contribution is -2.28. The largest absolute Gasteiger partial charge is 0.387 e. The molecule has 0 saturated heterocycles. The molecule has 1 aromatic rings. The maximum absolute atomic E-state index is 8.34.